The largest absolute Gasteiger partial charge is 0.508 e. The molecule has 2 heteroatoms. The third kappa shape index (κ3) is 2.22. The standard InChI is InChI=1S/C11H14O2/c12-10-3-1-2-9(7-10)11(13)6-8-4-5-8/h1-3,7-8,11-13H,4-6H2/t11-/m0/s1. The molecular weight excluding hydrogens is 164 g/mol. The molecule has 0 spiro atoms. The van der Waals surface area contributed by atoms with Gasteiger partial charge in [0.1, 0.15) is 5.75 Å². The van der Waals surface area contributed by atoms with Gasteiger partial charge in [-0.1, -0.05) is 25.0 Å². The molecule has 2 nitrogen and oxygen atoms in total. The Kier molecular flexibility index (Phi) is 2.23. The van der Waals surface area contributed by atoms with Crippen LogP contribution in [0.2, 0.25) is 0 Å². The second-order valence-corrected chi connectivity index (χ2v) is 3.79. The Hall–Kier alpha value is -1.02. The van der Waals surface area contributed by atoms with Crippen LogP contribution in [0.15, 0.2) is 24.3 Å². The van der Waals surface area contributed by atoms with E-state index in [2.05, 4.69) is 0 Å². The van der Waals surface area contributed by atoms with Gasteiger partial charge in [0.15, 0.2) is 0 Å². The molecule has 2 N–H and O–H groups in total. The highest BCUT2D eigenvalue weighted by molar-refractivity contribution is 5.28. The average molecular weight is 178 g/mol. The van der Waals surface area contributed by atoms with Crippen LogP contribution in [0.4, 0.5) is 0 Å². The van der Waals surface area contributed by atoms with Gasteiger partial charge < -0.3 is 10.2 Å². The number of rotatable bonds is 3. The normalized spacial score (nSPS) is 18.5. The Morgan fingerprint density at radius 3 is 2.77 bits per heavy atom. The van der Waals surface area contributed by atoms with Gasteiger partial charge in [0.25, 0.3) is 0 Å². The molecule has 0 saturated heterocycles. The molecule has 1 saturated carbocycles. The first-order valence-electron chi connectivity index (χ1n) is 4.72. The fourth-order valence-electron chi connectivity index (χ4n) is 1.54. The smallest absolute Gasteiger partial charge is 0.115 e. The minimum atomic E-state index is -0.403. The summed E-state index contributed by atoms with van der Waals surface area (Å²) < 4.78 is 0. The zero-order valence-electron chi connectivity index (χ0n) is 7.48. The Morgan fingerprint density at radius 2 is 2.15 bits per heavy atom. The summed E-state index contributed by atoms with van der Waals surface area (Å²) >= 11 is 0. The Bertz CT molecular complexity index is 292. The lowest BCUT2D eigenvalue weighted by atomic mass is 10.0. The summed E-state index contributed by atoms with van der Waals surface area (Å²) in [5.74, 6) is 0.935. The molecule has 1 aromatic carbocycles. The maximum absolute atomic E-state index is 9.74. The lowest BCUT2D eigenvalue weighted by Crippen LogP contribution is -1.97. The molecule has 1 atom stereocenters. The zero-order chi connectivity index (χ0) is 9.26. The molecule has 70 valence electrons. The third-order valence-corrected chi connectivity index (χ3v) is 2.51. The van der Waals surface area contributed by atoms with Gasteiger partial charge in [-0.3, -0.25) is 0 Å². The van der Waals surface area contributed by atoms with Crippen molar-refractivity contribution >= 4 is 0 Å². The molecule has 1 aromatic rings. The number of benzene rings is 1. The molecule has 2 rings (SSSR count). The van der Waals surface area contributed by atoms with E-state index >= 15 is 0 Å². The summed E-state index contributed by atoms with van der Waals surface area (Å²) in [6, 6.07) is 6.87. The number of phenols is 1. The molecular formula is C11H14O2. The van der Waals surface area contributed by atoms with Crippen LogP contribution in [-0.4, -0.2) is 10.2 Å². The van der Waals surface area contributed by atoms with Crippen molar-refractivity contribution in [2.24, 2.45) is 5.92 Å². The van der Waals surface area contributed by atoms with E-state index < -0.39 is 6.10 Å². The van der Waals surface area contributed by atoms with E-state index in [9.17, 15) is 10.2 Å². The van der Waals surface area contributed by atoms with Crippen molar-refractivity contribution in [2.45, 2.75) is 25.4 Å². The summed E-state index contributed by atoms with van der Waals surface area (Å²) in [4.78, 5) is 0. The molecule has 13 heavy (non-hydrogen) atoms. The van der Waals surface area contributed by atoms with Gasteiger partial charge in [0, 0.05) is 0 Å². The van der Waals surface area contributed by atoms with E-state index in [1.54, 1.807) is 18.2 Å². The van der Waals surface area contributed by atoms with E-state index in [0.29, 0.717) is 5.92 Å². The fraction of sp³-hybridized carbons (Fsp3) is 0.455. The van der Waals surface area contributed by atoms with Crippen LogP contribution < -0.4 is 0 Å². The van der Waals surface area contributed by atoms with Crippen molar-refractivity contribution < 1.29 is 10.2 Å². The lowest BCUT2D eigenvalue weighted by molar-refractivity contribution is 0.160. The topological polar surface area (TPSA) is 40.5 Å². The van der Waals surface area contributed by atoms with Crippen LogP contribution in [0, 0.1) is 5.92 Å². The maximum Gasteiger partial charge on any atom is 0.115 e. The molecule has 0 aliphatic heterocycles. The molecule has 0 bridgehead atoms. The SMILES string of the molecule is Oc1cccc([C@@H](O)CC2CC2)c1. The predicted octanol–water partition coefficient (Wildman–Crippen LogP) is 2.23. The van der Waals surface area contributed by atoms with Crippen molar-refractivity contribution in [3.63, 3.8) is 0 Å². The number of aromatic hydroxyl groups is 1. The van der Waals surface area contributed by atoms with E-state index in [4.69, 9.17) is 0 Å². The number of aliphatic hydroxyl groups excluding tert-OH is 1. The predicted molar refractivity (Wildman–Crippen MR) is 50.4 cm³/mol. The fourth-order valence-corrected chi connectivity index (χ4v) is 1.54. The van der Waals surface area contributed by atoms with Crippen LogP contribution in [0.25, 0.3) is 0 Å². The van der Waals surface area contributed by atoms with E-state index in [1.807, 2.05) is 6.07 Å². The third-order valence-electron chi connectivity index (χ3n) is 2.51. The van der Waals surface area contributed by atoms with Gasteiger partial charge in [-0.05, 0) is 30.0 Å². The van der Waals surface area contributed by atoms with Gasteiger partial charge in [-0.25, -0.2) is 0 Å². The van der Waals surface area contributed by atoms with Crippen LogP contribution in [0.5, 0.6) is 5.75 Å². The number of hydrogen-bond acceptors (Lipinski definition) is 2. The van der Waals surface area contributed by atoms with E-state index in [1.165, 1.54) is 12.8 Å². The van der Waals surface area contributed by atoms with Crippen molar-refractivity contribution in [1.82, 2.24) is 0 Å². The minimum absolute atomic E-state index is 0.229. The van der Waals surface area contributed by atoms with Gasteiger partial charge in [-0.15, -0.1) is 0 Å². The average Bonchev–Trinajstić information content (AvgIpc) is 2.88. The summed E-state index contributed by atoms with van der Waals surface area (Å²) in [6.07, 6.45) is 2.93. The maximum atomic E-state index is 9.74. The highest BCUT2D eigenvalue weighted by Gasteiger charge is 2.25. The zero-order valence-corrected chi connectivity index (χ0v) is 7.48. The highest BCUT2D eigenvalue weighted by Crippen LogP contribution is 2.37. The number of hydrogen-bond donors (Lipinski definition) is 2. The monoisotopic (exact) mass is 178 g/mol. The summed E-state index contributed by atoms with van der Waals surface area (Å²) in [6.45, 7) is 0. The molecule has 1 aliphatic rings. The number of phenolic OH excluding ortho intramolecular Hbond substituents is 1. The molecule has 0 unspecified atom stereocenters. The van der Waals surface area contributed by atoms with Crippen LogP contribution >= 0.6 is 0 Å². The minimum Gasteiger partial charge on any atom is -0.508 e. The van der Waals surface area contributed by atoms with Gasteiger partial charge in [0.2, 0.25) is 0 Å². The highest BCUT2D eigenvalue weighted by atomic mass is 16.3. The Morgan fingerprint density at radius 1 is 1.38 bits per heavy atom. The molecule has 1 fully saturated rings. The molecule has 0 heterocycles. The van der Waals surface area contributed by atoms with Gasteiger partial charge >= 0.3 is 0 Å². The van der Waals surface area contributed by atoms with Crippen molar-refractivity contribution in [3.05, 3.63) is 29.8 Å². The first-order chi connectivity index (χ1) is 6.25. The molecule has 0 amide bonds. The summed E-state index contributed by atoms with van der Waals surface area (Å²) in [5, 5.41) is 18.9. The second-order valence-electron chi connectivity index (χ2n) is 3.79. The van der Waals surface area contributed by atoms with Crippen molar-refractivity contribution in [3.8, 4) is 5.75 Å². The summed E-state index contributed by atoms with van der Waals surface area (Å²) in [5.41, 5.74) is 0.826. The molecule has 0 aromatic heterocycles. The lowest BCUT2D eigenvalue weighted by Gasteiger charge is -2.09. The summed E-state index contributed by atoms with van der Waals surface area (Å²) in [7, 11) is 0. The Labute approximate surface area is 77.8 Å². The second kappa shape index (κ2) is 3.38. The number of aliphatic hydroxyl groups is 1. The quantitative estimate of drug-likeness (QED) is 0.745. The van der Waals surface area contributed by atoms with E-state index in [-0.39, 0.29) is 5.75 Å². The molecule has 1 aliphatic carbocycles. The molecule has 0 radical (unpaired) electrons. The first-order valence-corrected chi connectivity index (χ1v) is 4.72. The van der Waals surface area contributed by atoms with Crippen LogP contribution in [0.1, 0.15) is 30.9 Å². The van der Waals surface area contributed by atoms with Gasteiger partial charge in [0.05, 0.1) is 6.10 Å². The van der Waals surface area contributed by atoms with Crippen LogP contribution in [0.3, 0.4) is 0 Å². The Balaban J connectivity index is 2.04. The van der Waals surface area contributed by atoms with Crippen molar-refractivity contribution in [2.75, 3.05) is 0 Å². The van der Waals surface area contributed by atoms with Crippen LogP contribution in [-0.2, 0) is 0 Å². The van der Waals surface area contributed by atoms with Crippen molar-refractivity contribution in [1.29, 1.82) is 0 Å². The van der Waals surface area contributed by atoms with E-state index in [0.717, 1.165) is 12.0 Å². The first kappa shape index (κ1) is 8.57. The van der Waals surface area contributed by atoms with Gasteiger partial charge in [-0.2, -0.15) is 0 Å².